The van der Waals surface area contributed by atoms with Gasteiger partial charge in [0.05, 0.1) is 7.11 Å². The van der Waals surface area contributed by atoms with E-state index in [2.05, 4.69) is 16.6 Å². The van der Waals surface area contributed by atoms with Gasteiger partial charge in [0.25, 0.3) is 0 Å². The molecule has 0 radical (unpaired) electrons. The lowest BCUT2D eigenvalue weighted by molar-refractivity contribution is -0.274. The van der Waals surface area contributed by atoms with Crippen molar-refractivity contribution in [2.75, 3.05) is 7.11 Å². The molecule has 3 rings (SSSR count). The first-order valence-electron chi connectivity index (χ1n) is 8.17. The third-order valence-corrected chi connectivity index (χ3v) is 4.66. The summed E-state index contributed by atoms with van der Waals surface area (Å²) in [6, 6.07) is 4.99. The van der Waals surface area contributed by atoms with Crippen molar-refractivity contribution in [3.05, 3.63) is 29.8 Å². The number of carbonyl (C=O) groups is 1. The molecule has 0 saturated carbocycles. The number of fused-ring (bicyclic) bond motifs is 2. The molecule has 1 amide bonds. The Bertz CT molecular complexity index is 739. The number of benzene rings is 1. The third kappa shape index (κ3) is 4.05. The lowest BCUT2D eigenvalue weighted by Crippen LogP contribution is -2.52. The summed E-state index contributed by atoms with van der Waals surface area (Å²) in [6.45, 7) is 0. The van der Waals surface area contributed by atoms with Crippen LogP contribution >= 0.6 is 0 Å². The zero-order chi connectivity index (χ0) is 18.9. The van der Waals surface area contributed by atoms with Crippen molar-refractivity contribution in [3.8, 4) is 17.6 Å². The molecule has 0 spiro atoms. The fourth-order valence-corrected chi connectivity index (χ4v) is 3.69. The number of aliphatic hydroxyl groups is 1. The molecular formula is C18H18F3NO4. The third-order valence-electron chi connectivity index (χ3n) is 4.66. The van der Waals surface area contributed by atoms with Crippen molar-refractivity contribution in [1.29, 1.82) is 0 Å². The van der Waals surface area contributed by atoms with Crippen LogP contribution in [0.2, 0.25) is 0 Å². The zero-order valence-electron chi connectivity index (χ0n) is 14.0. The second-order valence-corrected chi connectivity index (χ2v) is 6.53. The number of carbonyl (C=O) groups excluding carboxylic acids is 1. The Labute approximate surface area is 148 Å². The fraction of sp³-hybridized carbons (Fsp3) is 0.500. The van der Waals surface area contributed by atoms with Gasteiger partial charge in [-0.15, -0.1) is 13.2 Å². The van der Waals surface area contributed by atoms with Crippen molar-refractivity contribution in [3.63, 3.8) is 0 Å². The predicted molar refractivity (Wildman–Crippen MR) is 85.2 cm³/mol. The van der Waals surface area contributed by atoms with Crippen molar-refractivity contribution in [1.82, 2.24) is 4.90 Å². The first-order chi connectivity index (χ1) is 12.2. The summed E-state index contributed by atoms with van der Waals surface area (Å²) in [4.78, 5) is 13.5. The summed E-state index contributed by atoms with van der Waals surface area (Å²) in [5, 5.41) is 10.8. The monoisotopic (exact) mass is 369 g/mol. The number of hydrogen-bond acceptors (Lipinski definition) is 4. The molecule has 0 aliphatic carbocycles. The summed E-state index contributed by atoms with van der Waals surface area (Å²) in [6.07, 6.45) is -3.10. The highest BCUT2D eigenvalue weighted by molar-refractivity contribution is 5.69. The second kappa shape index (κ2) is 6.72. The molecular weight excluding hydrogens is 351 g/mol. The highest BCUT2D eigenvalue weighted by Gasteiger charge is 2.49. The van der Waals surface area contributed by atoms with Crippen molar-refractivity contribution in [2.24, 2.45) is 0 Å². The second-order valence-electron chi connectivity index (χ2n) is 6.53. The van der Waals surface area contributed by atoms with Gasteiger partial charge < -0.3 is 19.5 Å². The smallest absolute Gasteiger partial charge is 0.453 e. The molecule has 8 heteroatoms. The Balaban J connectivity index is 1.75. The number of hydrogen-bond donors (Lipinski definition) is 1. The number of ether oxygens (including phenoxy) is 2. The molecule has 2 heterocycles. The van der Waals surface area contributed by atoms with Crippen LogP contribution in [0.1, 0.15) is 31.2 Å². The average molecular weight is 369 g/mol. The van der Waals surface area contributed by atoms with E-state index in [1.807, 2.05) is 0 Å². The Kier molecular flexibility index (Phi) is 4.76. The van der Waals surface area contributed by atoms with Crippen molar-refractivity contribution >= 4 is 6.09 Å². The summed E-state index contributed by atoms with van der Waals surface area (Å²) in [7, 11) is 1.32. The Morgan fingerprint density at radius 2 is 1.96 bits per heavy atom. The predicted octanol–water partition coefficient (Wildman–Crippen LogP) is 3.06. The number of methoxy groups -OCH3 is 1. The molecule has 2 atom stereocenters. The highest BCUT2D eigenvalue weighted by atomic mass is 19.4. The van der Waals surface area contributed by atoms with Crippen molar-refractivity contribution < 1.29 is 32.5 Å². The summed E-state index contributed by atoms with van der Waals surface area (Å²) in [5.74, 6) is 5.13. The molecule has 26 heavy (non-hydrogen) atoms. The van der Waals surface area contributed by atoms with Crippen LogP contribution in [-0.4, -0.2) is 47.3 Å². The van der Waals surface area contributed by atoms with E-state index in [1.54, 1.807) is 4.90 Å². The number of nitrogens with zero attached hydrogens (tertiary/aromatic N) is 1. The van der Waals surface area contributed by atoms with Gasteiger partial charge in [-0.25, -0.2) is 4.79 Å². The van der Waals surface area contributed by atoms with Gasteiger partial charge in [0.2, 0.25) is 0 Å². The highest BCUT2D eigenvalue weighted by Crippen LogP contribution is 2.41. The van der Waals surface area contributed by atoms with Crippen LogP contribution in [0, 0.1) is 11.8 Å². The van der Waals surface area contributed by atoms with E-state index < -0.39 is 18.1 Å². The largest absolute Gasteiger partial charge is 0.573 e. The van der Waals surface area contributed by atoms with E-state index in [9.17, 15) is 23.1 Å². The minimum atomic E-state index is -4.77. The molecule has 2 bridgehead atoms. The summed E-state index contributed by atoms with van der Waals surface area (Å²) < 4.78 is 45.5. The molecule has 1 N–H and O–H groups in total. The molecule has 2 saturated heterocycles. The van der Waals surface area contributed by atoms with E-state index in [1.165, 1.54) is 31.4 Å². The van der Waals surface area contributed by atoms with E-state index in [-0.39, 0.29) is 30.7 Å². The molecule has 2 fully saturated rings. The van der Waals surface area contributed by atoms with Crippen LogP contribution in [0.25, 0.3) is 0 Å². The average Bonchev–Trinajstić information content (AvgIpc) is 2.84. The first-order valence-corrected chi connectivity index (χ1v) is 8.17. The minimum absolute atomic E-state index is 0.152. The number of rotatable bonds is 1. The Hall–Kier alpha value is -2.40. The fourth-order valence-electron chi connectivity index (χ4n) is 3.69. The Morgan fingerprint density at radius 1 is 1.31 bits per heavy atom. The van der Waals surface area contributed by atoms with Crippen LogP contribution in [-0.2, 0) is 4.74 Å². The maximum absolute atomic E-state index is 12.3. The van der Waals surface area contributed by atoms with Crippen LogP contribution in [0.3, 0.4) is 0 Å². The molecule has 1 aromatic rings. The maximum Gasteiger partial charge on any atom is 0.573 e. The van der Waals surface area contributed by atoms with Gasteiger partial charge in [0, 0.05) is 30.5 Å². The maximum atomic E-state index is 12.3. The Morgan fingerprint density at radius 3 is 2.54 bits per heavy atom. The lowest BCUT2D eigenvalue weighted by Gasteiger charge is -2.40. The zero-order valence-corrected chi connectivity index (χ0v) is 14.0. The molecule has 5 nitrogen and oxygen atoms in total. The summed E-state index contributed by atoms with van der Waals surface area (Å²) >= 11 is 0. The van der Waals surface area contributed by atoms with Gasteiger partial charge in [-0.2, -0.15) is 0 Å². The van der Waals surface area contributed by atoms with Crippen LogP contribution in [0.15, 0.2) is 24.3 Å². The SMILES string of the molecule is COC(=O)N1C2CCC1CC(O)(C#Cc1cccc(OC(F)(F)F)c1)C2. The number of amides is 1. The van der Waals surface area contributed by atoms with E-state index in [0.717, 1.165) is 12.8 Å². The van der Waals surface area contributed by atoms with Gasteiger partial charge in [0.15, 0.2) is 0 Å². The van der Waals surface area contributed by atoms with Gasteiger partial charge in [-0.3, -0.25) is 0 Å². The van der Waals surface area contributed by atoms with E-state index in [0.29, 0.717) is 5.56 Å². The number of alkyl halides is 3. The molecule has 0 aromatic heterocycles. The van der Waals surface area contributed by atoms with E-state index in [4.69, 9.17) is 4.74 Å². The first kappa shape index (κ1) is 18.4. The molecule has 2 aliphatic rings. The number of halogens is 3. The van der Waals surface area contributed by atoms with Crippen molar-refractivity contribution in [2.45, 2.75) is 49.7 Å². The van der Waals surface area contributed by atoms with Gasteiger partial charge in [-0.1, -0.05) is 17.9 Å². The topological polar surface area (TPSA) is 59.0 Å². The van der Waals surface area contributed by atoms with Crippen LogP contribution in [0.5, 0.6) is 5.75 Å². The quantitative estimate of drug-likeness (QED) is 0.773. The normalized spacial score (nSPS) is 27.5. The molecule has 2 unspecified atom stereocenters. The van der Waals surface area contributed by atoms with Crippen LogP contribution in [0.4, 0.5) is 18.0 Å². The standard InChI is InChI=1S/C18H18F3NO4/c1-25-16(23)22-13-5-6-14(22)11-17(24,10-13)8-7-12-3-2-4-15(9-12)26-18(19,20)21/h2-4,9,13-14,24H,5-6,10-11H2,1H3. The molecule has 140 valence electrons. The van der Waals surface area contributed by atoms with E-state index >= 15 is 0 Å². The van der Waals surface area contributed by atoms with Crippen LogP contribution < -0.4 is 4.74 Å². The van der Waals surface area contributed by atoms with Gasteiger partial charge in [0.1, 0.15) is 11.4 Å². The van der Waals surface area contributed by atoms with Gasteiger partial charge >= 0.3 is 12.5 Å². The number of piperidine rings is 1. The minimum Gasteiger partial charge on any atom is -0.453 e. The summed E-state index contributed by atoms with van der Waals surface area (Å²) in [5.41, 5.74) is -0.986. The lowest BCUT2D eigenvalue weighted by atomic mass is 9.86. The van der Waals surface area contributed by atoms with Gasteiger partial charge in [-0.05, 0) is 31.0 Å². The molecule has 1 aromatic carbocycles. The molecule has 2 aliphatic heterocycles.